The second-order valence-corrected chi connectivity index (χ2v) is 12.8. The maximum atomic E-state index is 12.2. The molecule has 5 rings (SSSR count). The zero-order chi connectivity index (χ0) is 27.5. The number of aliphatic carboxylic acids is 1. The molecule has 2 aliphatic heterocycles. The zero-order valence-electron chi connectivity index (χ0n) is 23.6. The summed E-state index contributed by atoms with van der Waals surface area (Å²) >= 11 is 0. The van der Waals surface area contributed by atoms with E-state index in [2.05, 4.69) is 79.7 Å². The molecule has 0 unspecified atom stereocenters. The van der Waals surface area contributed by atoms with Crippen molar-refractivity contribution < 1.29 is 9.90 Å². The molecule has 2 aromatic heterocycles. The number of likely N-dealkylation sites (tertiary alicyclic amines) is 2. The van der Waals surface area contributed by atoms with Crippen molar-refractivity contribution >= 4 is 5.97 Å². The van der Waals surface area contributed by atoms with E-state index in [1.807, 2.05) is 12.4 Å². The molecule has 39 heavy (non-hydrogen) atoms. The third kappa shape index (κ3) is 7.35. The predicted molar refractivity (Wildman–Crippen MR) is 151 cm³/mol. The molecule has 3 N–H and O–H groups in total. The summed E-state index contributed by atoms with van der Waals surface area (Å²) in [5.41, 5.74) is 2.78. The van der Waals surface area contributed by atoms with Crippen molar-refractivity contribution in [2.45, 2.75) is 72.3 Å². The molecule has 2 aliphatic rings. The SMILES string of the molecule is CC(C)(C)CN1CCC2(CC1)C[C@H](C(=O)O)N(Cc1ccc(CN(Cc3ncc[nH]3)Cc3ncc[nH]3)cc1)C2. The number of hydrogen-bond donors (Lipinski definition) is 3. The van der Waals surface area contributed by atoms with Gasteiger partial charge in [0.05, 0.1) is 13.1 Å². The number of piperidine rings is 1. The highest BCUT2D eigenvalue weighted by Crippen LogP contribution is 2.44. The van der Waals surface area contributed by atoms with Gasteiger partial charge < -0.3 is 20.0 Å². The Morgan fingerprint density at radius 1 is 1.00 bits per heavy atom. The van der Waals surface area contributed by atoms with Crippen LogP contribution in [0.15, 0.2) is 49.1 Å². The number of nitrogens with zero attached hydrogens (tertiary/aromatic N) is 5. The summed E-state index contributed by atoms with van der Waals surface area (Å²) in [7, 11) is 0. The second kappa shape index (κ2) is 11.6. The molecule has 1 spiro atoms. The van der Waals surface area contributed by atoms with Crippen molar-refractivity contribution in [3.63, 3.8) is 0 Å². The van der Waals surface area contributed by atoms with E-state index in [0.29, 0.717) is 19.6 Å². The van der Waals surface area contributed by atoms with Crippen molar-refractivity contribution in [1.82, 2.24) is 34.6 Å². The van der Waals surface area contributed by atoms with Crippen molar-refractivity contribution in [2.24, 2.45) is 10.8 Å². The van der Waals surface area contributed by atoms with Gasteiger partial charge in [-0.25, -0.2) is 9.97 Å². The van der Waals surface area contributed by atoms with E-state index in [1.165, 1.54) is 5.56 Å². The Hall–Kier alpha value is -3.01. The van der Waals surface area contributed by atoms with E-state index in [-0.39, 0.29) is 10.8 Å². The molecule has 3 aromatic rings. The summed E-state index contributed by atoms with van der Waals surface area (Å²) in [5, 5.41) is 10.1. The lowest BCUT2D eigenvalue weighted by atomic mass is 9.76. The molecular weight excluding hydrogens is 490 g/mol. The summed E-state index contributed by atoms with van der Waals surface area (Å²) in [4.78, 5) is 34.5. The van der Waals surface area contributed by atoms with Gasteiger partial charge in [0.15, 0.2) is 0 Å². The number of nitrogens with one attached hydrogen (secondary N) is 2. The Bertz CT molecular complexity index is 1140. The number of imidazole rings is 2. The van der Waals surface area contributed by atoms with Crippen LogP contribution in [0.5, 0.6) is 0 Å². The van der Waals surface area contributed by atoms with Gasteiger partial charge in [0.25, 0.3) is 0 Å². The summed E-state index contributed by atoms with van der Waals surface area (Å²) in [6.45, 7) is 13.8. The molecular formula is C30H43N7O2. The van der Waals surface area contributed by atoms with Gasteiger partial charge in [-0.3, -0.25) is 14.6 Å². The molecule has 2 saturated heterocycles. The molecule has 0 saturated carbocycles. The van der Waals surface area contributed by atoms with Crippen molar-refractivity contribution in [3.8, 4) is 0 Å². The van der Waals surface area contributed by atoms with E-state index in [9.17, 15) is 9.90 Å². The van der Waals surface area contributed by atoms with E-state index in [0.717, 1.165) is 69.2 Å². The Balaban J connectivity index is 1.21. The highest BCUT2D eigenvalue weighted by molar-refractivity contribution is 5.74. The fourth-order valence-electron chi connectivity index (χ4n) is 6.38. The number of aromatic amines is 2. The number of carbonyl (C=O) groups is 1. The minimum atomic E-state index is -0.688. The van der Waals surface area contributed by atoms with E-state index < -0.39 is 12.0 Å². The van der Waals surface area contributed by atoms with Crippen LogP contribution < -0.4 is 0 Å². The van der Waals surface area contributed by atoms with Gasteiger partial charge in [-0.05, 0) is 54.3 Å². The smallest absolute Gasteiger partial charge is 0.320 e. The van der Waals surface area contributed by atoms with Crippen LogP contribution in [-0.4, -0.2) is 77.9 Å². The number of hydrogen-bond acceptors (Lipinski definition) is 6. The number of carboxylic acid groups (broad SMARTS) is 1. The molecule has 0 amide bonds. The molecule has 1 atom stereocenters. The highest BCUT2D eigenvalue weighted by Gasteiger charge is 2.48. The zero-order valence-corrected chi connectivity index (χ0v) is 23.6. The maximum absolute atomic E-state index is 12.2. The Kier molecular flexibility index (Phi) is 8.21. The standard InChI is InChI=1S/C30H43N7O2/c1-29(2,3)21-35-14-8-30(9-15-35)16-25(28(38)39)37(22-30)18-24-6-4-23(5-7-24)17-36(19-26-31-10-11-32-26)20-27-33-12-13-34-27/h4-7,10-13,25H,8-9,14-22H2,1-3H3,(H,31,32)(H,33,34)(H,38,39)/t25-/m1/s1. The monoisotopic (exact) mass is 533 g/mol. The summed E-state index contributed by atoms with van der Waals surface area (Å²) in [6, 6.07) is 8.24. The van der Waals surface area contributed by atoms with Crippen LogP contribution in [0.1, 0.15) is 62.8 Å². The first-order valence-electron chi connectivity index (χ1n) is 14.1. The molecule has 9 heteroatoms. The topological polar surface area (TPSA) is 104 Å². The fourth-order valence-corrected chi connectivity index (χ4v) is 6.38. The summed E-state index contributed by atoms with van der Waals surface area (Å²) in [5.74, 6) is 1.15. The lowest BCUT2D eigenvalue weighted by molar-refractivity contribution is -0.142. The first-order chi connectivity index (χ1) is 18.7. The van der Waals surface area contributed by atoms with E-state index in [1.54, 1.807) is 12.4 Å². The van der Waals surface area contributed by atoms with E-state index in [4.69, 9.17) is 0 Å². The minimum Gasteiger partial charge on any atom is -0.480 e. The number of benzene rings is 1. The van der Waals surface area contributed by atoms with Crippen molar-refractivity contribution in [2.75, 3.05) is 26.2 Å². The van der Waals surface area contributed by atoms with Crippen LogP contribution in [0.4, 0.5) is 0 Å². The Morgan fingerprint density at radius 2 is 1.59 bits per heavy atom. The van der Waals surface area contributed by atoms with Crippen molar-refractivity contribution in [3.05, 3.63) is 71.8 Å². The van der Waals surface area contributed by atoms with Crippen LogP contribution in [0.3, 0.4) is 0 Å². The number of carboxylic acids is 1. The fraction of sp³-hybridized carbons (Fsp3) is 0.567. The molecule has 210 valence electrons. The van der Waals surface area contributed by atoms with Gasteiger partial charge in [0, 0.05) is 51.0 Å². The number of H-pyrrole nitrogens is 2. The lowest BCUT2D eigenvalue weighted by Crippen LogP contribution is -2.44. The molecule has 9 nitrogen and oxygen atoms in total. The summed E-state index contributed by atoms with van der Waals surface area (Å²) in [6.07, 6.45) is 10.2. The van der Waals surface area contributed by atoms with Crippen LogP contribution >= 0.6 is 0 Å². The van der Waals surface area contributed by atoms with Gasteiger partial charge in [0.2, 0.25) is 0 Å². The van der Waals surface area contributed by atoms with Gasteiger partial charge in [0.1, 0.15) is 17.7 Å². The third-order valence-electron chi connectivity index (χ3n) is 8.18. The molecule has 2 fully saturated rings. The van der Waals surface area contributed by atoms with Crippen LogP contribution in [0, 0.1) is 10.8 Å². The second-order valence-electron chi connectivity index (χ2n) is 12.8. The third-order valence-corrected chi connectivity index (χ3v) is 8.18. The Labute approximate surface area is 231 Å². The first kappa shape index (κ1) is 27.6. The molecule has 0 radical (unpaired) electrons. The molecule has 0 bridgehead atoms. The quantitative estimate of drug-likeness (QED) is 0.360. The largest absolute Gasteiger partial charge is 0.480 e. The van der Waals surface area contributed by atoms with Crippen LogP contribution in [0.2, 0.25) is 0 Å². The maximum Gasteiger partial charge on any atom is 0.320 e. The van der Waals surface area contributed by atoms with Gasteiger partial charge in [-0.2, -0.15) is 0 Å². The minimum absolute atomic E-state index is 0.121. The molecule has 1 aromatic carbocycles. The summed E-state index contributed by atoms with van der Waals surface area (Å²) < 4.78 is 0. The van der Waals surface area contributed by atoms with Gasteiger partial charge in [-0.1, -0.05) is 45.0 Å². The molecule has 4 heterocycles. The number of aromatic nitrogens is 4. The average molecular weight is 534 g/mol. The predicted octanol–water partition coefficient (Wildman–Crippen LogP) is 4.12. The van der Waals surface area contributed by atoms with Crippen LogP contribution in [-0.2, 0) is 31.0 Å². The lowest BCUT2D eigenvalue weighted by Gasteiger charge is -2.41. The van der Waals surface area contributed by atoms with Crippen LogP contribution in [0.25, 0.3) is 0 Å². The van der Waals surface area contributed by atoms with Gasteiger partial charge in [-0.15, -0.1) is 0 Å². The normalized spacial score (nSPS) is 20.3. The van der Waals surface area contributed by atoms with Crippen molar-refractivity contribution in [1.29, 1.82) is 0 Å². The number of rotatable bonds is 10. The highest BCUT2D eigenvalue weighted by atomic mass is 16.4. The average Bonchev–Trinajstić information content (AvgIpc) is 3.64. The first-order valence-corrected chi connectivity index (χ1v) is 14.1. The van der Waals surface area contributed by atoms with Gasteiger partial charge >= 0.3 is 5.97 Å². The Morgan fingerprint density at radius 3 is 2.10 bits per heavy atom. The van der Waals surface area contributed by atoms with E-state index >= 15 is 0 Å². The molecule has 0 aliphatic carbocycles.